The van der Waals surface area contributed by atoms with Crippen molar-refractivity contribution in [2.24, 2.45) is 0 Å². The molecular formula is Cu3Ti. The van der Waals surface area contributed by atoms with Crippen LogP contribution in [0.15, 0.2) is 0 Å². The second-order valence-corrected chi connectivity index (χ2v) is 0. The molecule has 0 heterocycles. The summed E-state index contributed by atoms with van der Waals surface area (Å²) in [5.74, 6) is 0. The van der Waals surface area contributed by atoms with E-state index in [0.29, 0.717) is 0 Å². The average Bonchev–Trinajstić information content (AvgIpc) is 0. The number of hydrogen-bond acceptors (Lipinski definition) is 0. The van der Waals surface area contributed by atoms with Gasteiger partial charge in [0.1, 0.15) is 0 Å². The van der Waals surface area contributed by atoms with Crippen LogP contribution in [0.25, 0.3) is 0 Å². The molecule has 0 aliphatic rings. The molecule has 0 rings (SSSR count). The molecule has 0 atom stereocenters. The standard InChI is InChI=1S/3Cu.Ti. The van der Waals surface area contributed by atoms with E-state index in [4.69, 9.17) is 0 Å². The van der Waals surface area contributed by atoms with Gasteiger partial charge < -0.3 is 0 Å². The van der Waals surface area contributed by atoms with Crippen molar-refractivity contribution in [2.45, 2.75) is 0 Å². The first-order valence-corrected chi connectivity index (χ1v) is 0. The zero-order valence-electron chi connectivity index (χ0n) is 1.40. The summed E-state index contributed by atoms with van der Waals surface area (Å²) in [7, 11) is 0. The Labute approximate surface area is 72.2 Å². The van der Waals surface area contributed by atoms with Crippen molar-refractivity contribution in [3.05, 3.63) is 0 Å². The van der Waals surface area contributed by atoms with Crippen molar-refractivity contribution < 1.29 is 72.9 Å². The second kappa shape index (κ2) is 18.6. The maximum atomic E-state index is 0. The Balaban J connectivity index is 0. The van der Waals surface area contributed by atoms with Gasteiger partial charge in [-0.3, -0.25) is 0 Å². The second-order valence-electron chi connectivity index (χ2n) is 0. The van der Waals surface area contributed by atoms with Gasteiger partial charge in [-0.05, 0) is 0 Å². The first kappa shape index (κ1) is 33.8. The molecule has 0 unspecified atom stereocenters. The summed E-state index contributed by atoms with van der Waals surface area (Å²) < 4.78 is 0. The SMILES string of the molecule is [Cu].[Cu].[Cu].[Ti]. The van der Waals surface area contributed by atoms with Crippen LogP contribution < -0.4 is 0 Å². The van der Waals surface area contributed by atoms with Crippen LogP contribution in [-0.4, -0.2) is 0 Å². The van der Waals surface area contributed by atoms with Gasteiger partial charge in [-0.1, -0.05) is 0 Å². The van der Waals surface area contributed by atoms with E-state index in [1.165, 1.54) is 0 Å². The maximum Gasteiger partial charge on any atom is 0 e. The summed E-state index contributed by atoms with van der Waals surface area (Å²) >= 11 is 0. The molecule has 3 radical (unpaired) electrons. The molecule has 0 nitrogen and oxygen atoms in total. The molecular weight excluding hydrogens is 239 g/mol. The van der Waals surface area contributed by atoms with E-state index in [0.717, 1.165) is 0 Å². The van der Waals surface area contributed by atoms with Crippen molar-refractivity contribution in [3.8, 4) is 0 Å². The molecule has 0 spiro atoms. The predicted molar refractivity (Wildman–Crippen MR) is 0 cm³/mol. The van der Waals surface area contributed by atoms with Gasteiger partial charge in [-0.2, -0.15) is 0 Å². The maximum absolute atomic E-state index is 0. The zero-order chi connectivity index (χ0) is 0. The summed E-state index contributed by atoms with van der Waals surface area (Å²) in [5.41, 5.74) is 0. The average molecular weight is 239 g/mol. The molecule has 0 saturated heterocycles. The van der Waals surface area contributed by atoms with Crippen molar-refractivity contribution in [3.63, 3.8) is 0 Å². The van der Waals surface area contributed by atoms with Crippen molar-refractivity contribution in [1.82, 2.24) is 0 Å². The Morgan fingerprint density at radius 3 is 0.500 bits per heavy atom. The molecule has 0 aliphatic carbocycles. The molecule has 0 aromatic rings. The van der Waals surface area contributed by atoms with Gasteiger partial charge in [0, 0.05) is 72.9 Å². The Hall–Kier alpha value is 2.27. The van der Waals surface area contributed by atoms with Crippen LogP contribution in [0.2, 0.25) is 0 Å². The zero-order valence-corrected chi connectivity index (χ0v) is 5.79. The minimum absolute atomic E-state index is 0. The molecule has 4 heavy (non-hydrogen) atoms. The van der Waals surface area contributed by atoms with E-state index in [9.17, 15) is 0 Å². The van der Waals surface area contributed by atoms with Crippen LogP contribution in [0.1, 0.15) is 0 Å². The van der Waals surface area contributed by atoms with Gasteiger partial charge in [-0.15, -0.1) is 0 Å². The van der Waals surface area contributed by atoms with Crippen LogP contribution in [0, 0.1) is 0 Å². The molecule has 0 aromatic carbocycles. The van der Waals surface area contributed by atoms with Gasteiger partial charge in [0.05, 0.1) is 0 Å². The summed E-state index contributed by atoms with van der Waals surface area (Å²) in [5, 5.41) is 0. The summed E-state index contributed by atoms with van der Waals surface area (Å²) in [4.78, 5) is 0. The van der Waals surface area contributed by atoms with Gasteiger partial charge in [0.2, 0.25) is 0 Å². The summed E-state index contributed by atoms with van der Waals surface area (Å²) in [6.45, 7) is 0. The molecule has 0 fully saturated rings. The Morgan fingerprint density at radius 2 is 0.500 bits per heavy atom. The summed E-state index contributed by atoms with van der Waals surface area (Å²) in [6.07, 6.45) is 0. The van der Waals surface area contributed by atoms with Gasteiger partial charge in [0.15, 0.2) is 0 Å². The van der Waals surface area contributed by atoms with Crippen molar-refractivity contribution in [1.29, 1.82) is 0 Å². The fourth-order valence-corrected chi connectivity index (χ4v) is 0. The van der Waals surface area contributed by atoms with Crippen LogP contribution in [0.5, 0.6) is 0 Å². The third-order valence-electron chi connectivity index (χ3n) is 0. The molecule has 37 valence electrons. The minimum atomic E-state index is 0. The number of hydrogen-bond donors (Lipinski definition) is 0. The van der Waals surface area contributed by atoms with Gasteiger partial charge >= 0.3 is 0 Å². The quantitative estimate of drug-likeness (QED) is 0.521. The minimum Gasteiger partial charge on any atom is 0 e. The van der Waals surface area contributed by atoms with Gasteiger partial charge in [-0.25, -0.2) is 0 Å². The normalized spacial score (nSPS) is 0. The molecule has 0 aliphatic heterocycles. The van der Waals surface area contributed by atoms with Crippen LogP contribution >= 0.6 is 0 Å². The molecule has 0 bridgehead atoms. The van der Waals surface area contributed by atoms with E-state index in [-0.39, 0.29) is 72.9 Å². The van der Waals surface area contributed by atoms with Crippen LogP contribution in [0.4, 0.5) is 0 Å². The Bertz CT molecular complexity index is 3.25. The van der Waals surface area contributed by atoms with E-state index >= 15 is 0 Å². The van der Waals surface area contributed by atoms with E-state index in [2.05, 4.69) is 0 Å². The first-order valence-electron chi connectivity index (χ1n) is 0. The summed E-state index contributed by atoms with van der Waals surface area (Å²) in [6, 6.07) is 0. The third-order valence-corrected chi connectivity index (χ3v) is 0. The van der Waals surface area contributed by atoms with E-state index in [1.54, 1.807) is 0 Å². The first-order chi connectivity index (χ1) is 0. The van der Waals surface area contributed by atoms with Crippen LogP contribution in [0.3, 0.4) is 0 Å². The van der Waals surface area contributed by atoms with E-state index < -0.39 is 0 Å². The molecule has 0 saturated carbocycles. The van der Waals surface area contributed by atoms with E-state index in [1.807, 2.05) is 0 Å². The fraction of sp³-hybridized carbons (Fsp3) is 0. The van der Waals surface area contributed by atoms with Crippen LogP contribution in [-0.2, 0) is 72.9 Å². The van der Waals surface area contributed by atoms with Gasteiger partial charge in [0.25, 0.3) is 0 Å². The molecule has 0 N–H and O–H groups in total. The monoisotopic (exact) mass is 237 g/mol. The van der Waals surface area contributed by atoms with Crippen molar-refractivity contribution >= 4 is 0 Å². The van der Waals surface area contributed by atoms with Crippen molar-refractivity contribution in [2.75, 3.05) is 0 Å². The fourth-order valence-electron chi connectivity index (χ4n) is 0. The number of rotatable bonds is 0. The molecule has 0 amide bonds. The Kier molecular flexibility index (Phi) is 157. The molecule has 4 heteroatoms. The Morgan fingerprint density at radius 1 is 0.500 bits per heavy atom. The topological polar surface area (TPSA) is 0 Å². The third kappa shape index (κ3) is 8.86. The largest absolute Gasteiger partial charge is 0 e. The smallest absolute Gasteiger partial charge is 0 e. The predicted octanol–water partition coefficient (Wildman–Crippen LogP) is -0.0100. The molecule has 0 aromatic heterocycles.